The van der Waals surface area contributed by atoms with Crippen molar-refractivity contribution in [2.45, 2.75) is 9.79 Å². The van der Waals surface area contributed by atoms with Crippen LogP contribution in [-0.4, -0.2) is 31.6 Å². The number of carbonyl (C=O) groups excluding carboxylic acids is 4. The van der Waals surface area contributed by atoms with Gasteiger partial charge in [-0.25, -0.2) is 17.2 Å². The fourth-order valence-electron chi connectivity index (χ4n) is 5.12. The molecular formula is C40H24F2O6S. The summed E-state index contributed by atoms with van der Waals surface area (Å²) < 4.78 is 53.0. The molecule has 9 heteroatoms. The minimum absolute atomic E-state index is 0.0511. The van der Waals surface area contributed by atoms with Crippen molar-refractivity contribution in [3.8, 4) is 0 Å². The highest BCUT2D eigenvalue weighted by Crippen LogP contribution is 2.24. The van der Waals surface area contributed by atoms with Crippen molar-refractivity contribution in [2.75, 3.05) is 0 Å². The smallest absolute Gasteiger partial charge is 0.206 e. The molecule has 0 heterocycles. The average Bonchev–Trinajstić information content (AvgIpc) is 3.14. The normalized spacial score (nSPS) is 11.1. The zero-order valence-corrected chi connectivity index (χ0v) is 26.3. The van der Waals surface area contributed by atoms with Crippen molar-refractivity contribution in [1.82, 2.24) is 0 Å². The molecule has 0 aliphatic heterocycles. The molecule has 0 bridgehead atoms. The van der Waals surface area contributed by atoms with Crippen LogP contribution in [0.15, 0.2) is 155 Å². The molecule has 6 aromatic rings. The number of benzene rings is 6. The Morgan fingerprint density at radius 3 is 0.673 bits per heavy atom. The van der Waals surface area contributed by atoms with Gasteiger partial charge >= 0.3 is 0 Å². The molecule has 240 valence electrons. The molecule has 0 fully saturated rings. The molecule has 0 spiro atoms. The third kappa shape index (κ3) is 6.93. The first-order valence-corrected chi connectivity index (χ1v) is 16.3. The van der Waals surface area contributed by atoms with Crippen molar-refractivity contribution in [1.29, 1.82) is 0 Å². The molecule has 0 atom stereocenters. The van der Waals surface area contributed by atoms with Gasteiger partial charge in [0.15, 0.2) is 23.1 Å². The van der Waals surface area contributed by atoms with E-state index in [1.165, 1.54) is 146 Å². The van der Waals surface area contributed by atoms with Crippen molar-refractivity contribution in [3.63, 3.8) is 0 Å². The van der Waals surface area contributed by atoms with Crippen LogP contribution in [0, 0.1) is 11.6 Å². The maximum absolute atomic E-state index is 13.3. The highest BCUT2D eigenvalue weighted by molar-refractivity contribution is 7.91. The van der Waals surface area contributed by atoms with Gasteiger partial charge in [-0.1, -0.05) is 48.5 Å². The minimum atomic E-state index is -3.99. The molecule has 0 saturated heterocycles. The number of ketones is 4. The zero-order valence-electron chi connectivity index (χ0n) is 25.5. The maximum atomic E-state index is 13.3. The minimum Gasteiger partial charge on any atom is -0.289 e. The molecule has 6 nitrogen and oxygen atoms in total. The van der Waals surface area contributed by atoms with Gasteiger partial charge in [-0.2, -0.15) is 0 Å². The van der Waals surface area contributed by atoms with Crippen molar-refractivity contribution in [3.05, 3.63) is 202 Å². The van der Waals surface area contributed by atoms with E-state index in [9.17, 15) is 36.4 Å². The molecule has 6 rings (SSSR count). The Morgan fingerprint density at radius 2 is 0.469 bits per heavy atom. The van der Waals surface area contributed by atoms with Gasteiger partial charge in [0, 0.05) is 44.5 Å². The number of carbonyl (C=O) groups is 4. The standard InChI is InChI=1S/C40H24F2O6S/c41-33-17-9-29(10-18-33)37(43)25-1-5-27(6-2-25)39(45)31-13-21-35(22-14-31)49(47,48)36-23-15-32(16-24-36)40(46)28-7-3-26(4-8-28)38(44)30-11-19-34(42)20-12-30/h1-24H. The zero-order chi connectivity index (χ0) is 34.7. The summed E-state index contributed by atoms with van der Waals surface area (Å²) in [4.78, 5) is 51.4. The second-order valence-corrected chi connectivity index (χ2v) is 13.0. The topological polar surface area (TPSA) is 102 Å². The monoisotopic (exact) mass is 670 g/mol. The summed E-state index contributed by atoms with van der Waals surface area (Å²) >= 11 is 0. The quantitative estimate of drug-likeness (QED) is 0.138. The molecule has 0 aromatic heterocycles. The Balaban J connectivity index is 1.12. The Morgan fingerprint density at radius 1 is 0.306 bits per heavy atom. The highest BCUT2D eigenvalue weighted by atomic mass is 32.2. The predicted molar refractivity (Wildman–Crippen MR) is 178 cm³/mol. The Bertz CT molecular complexity index is 2150. The summed E-state index contributed by atoms with van der Waals surface area (Å²) in [7, 11) is -3.99. The summed E-state index contributed by atoms with van der Waals surface area (Å²) in [6.07, 6.45) is 0. The molecule has 49 heavy (non-hydrogen) atoms. The van der Waals surface area contributed by atoms with Crippen LogP contribution < -0.4 is 0 Å². The highest BCUT2D eigenvalue weighted by Gasteiger charge is 2.20. The van der Waals surface area contributed by atoms with Gasteiger partial charge in [0.25, 0.3) is 0 Å². The van der Waals surface area contributed by atoms with E-state index in [-0.39, 0.29) is 44.1 Å². The molecule has 0 aliphatic carbocycles. The molecule has 0 radical (unpaired) electrons. The van der Waals surface area contributed by atoms with E-state index in [0.717, 1.165) is 0 Å². The second-order valence-electron chi connectivity index (χ2n) is 11.0. The largest absolute Gasteiger partial charge is 0.289 e. The third-order valence-electron chi connectivity index (χ3n) is 7.88. The summed E-state index contributed by atoms with van der Waals surface area (Å²) in [6.45, 7) is 0. The van der Waals surface area contributed by atoms with Crippen molar-refractivity contribution >= 4 is 33.0 Å². The van der Waals surface area contributed by atoms with E-state index < -0.39 is 21.5 Å². The van der Waals surface area contributed by atoms with E-state index in [2.05, 4.69) is 0 Å². The van der Waals surface area contributed by atoms with Gasteiger partial charge in [-0.05, 0) is 97.1 Å². The van der Waals surface area contributed by atoms with Crippen LogP contribution in [0.2, 0.25) is 0 Å². The van der Waals surface area contributed by atoms with E-state index in [1.54, 1.807) is 0 Å². The van der Waals surface area contributed by atoms with Gasteiger partial charge in [0.1, 0.15) is 11.6 Å². The van der Waals surface area contributed by atoms with Crippen LogP contribution in [0.5, 0.6) is 0 Å². The number of halogens is 2. The van der Waals surface area contributed by atoms with Crippen LogP contribution in [0.3, 0.4) is 0 Å². The van der Waals surface area contributed by atoms with Gasteiger partial charge in [0.05, 0.1) is 9.79 Å². The van der Waals surface area contributed by atoms with Gasteiger partial charge < -0.3 is 0 Å². The summed E-state index contributed by atoms with van der Waals surface area (Å²) in [5.41, 5.74) is 2.33. The van der Waals surface area contributed by atoms with E-state index >= 15 is 0 Å². The molecule has 6 aromatic carbocycles. The van der Waals surface area contributed by atoms with Gasteiger partial charge in [-0.15, -0.1) is 0 Å². The van der Waals surface area contributed by atoms with Crippen LogP contribution in [-0.2, 0) is 9.84 Å². The fraction of sp³-hybridized carbons (Fsp3) is 0. The van der Waals surface area contributed by atoms with Crippen LogP contribution >= 0.6 is 0 Å². The Labute approximate surface area is 280 Å². The van der Waals surface area contributed by atoms with Crippen LogP contribution in [0.1, 0.15) is 63.7 Å². The number of hydrogen-bond acceptors (Lipinski definition) is 6. The molecule has 0 unspecified atom stereocenters. The summed E-state index contributed by atoms with van der Waals surface area (Å²) in [5, 5.41) is 0. The van der Waals surface area contributed by atoms with Gasteiger partial charge in [-0.3, -0.25) is 19.2 Å². The summed E-state index contributed by atoms with van der Waals surface area (Å²) in [5.74, 6) is -2.31. The fourth-order valence-corrected chi connectivity index (χ4v) is 6.38. The number of sulfone groups is 1. The molecule has 0 aliphatic rings. The van der Waals surface area contributed by atoms with Crippen LogP contribution in [0.25, 0.3) is 0 Å². The maximum Gasteiger partial charge on any atom is 0.206 e. The van der Waals surface area contributed by atoms with Crippen molar-refractivity contribution in [2.24, 2.45) is 0 Å². The van der Waals surface area contributed by atoms with E-state index in [4.69, 9.17) is 0 Å². The Hall–Kier alpha value is -6.19. The lowest BCUT2D eigenvalue weighted by molar-refractivity contribution is 0.102. The number of hydrogen-bond donors (Lipinski definition) is 0. The molecule has 0 N–H and O–H groups in total. The molecule has 0 saturated carbocycles. The Kier molecular flexibility index (Phi) is 9.02. The SMILES string of the molecule is O=C(c1ccc(F)cc1)c1ccc(C(=O)c2ccc(S(=O)(=O)c3ccc(C(=O)c4ccc(C(=O)c5ccc(F)cc5)cc4)cc3)cc2)cc1. The molecule has 0 amide bonds. The lowest BCUT2D eigenvalue weighted by Gasteiger charge is -2.08. The summed E-state index contributed by atoms with van der Waals surface area (Å²) in [6, 6.07) is 33.1. The first-order chi connectivity index (χ1) is 23.5. The van der Waals surface area contributed by atoms with E-state index in [0.29, 0.717) is 33.4 Å². The lowest BCUT2D eigenvalue weighted by atomic mass is 9.98. The number of rotatable bonds is 10. The van der Waals surface area contributed by atoms with Gasteiger partial charge in [0.2, 0.25) is 9.84 Å². The van der Waals surface area contributed by atoms with Crippen LogP contribution in [0.4, 0.5) is 8.78 Å². The average molecular weight is 671 g/mol. The van der Waals surface area contributed by atoms with Crippen molar-refractivity contribution < 1.29 is 36.4 Å². The molecular weight excluding hydrogens is 646 g/mol. The second kappa shape index (κ2) is 13.5. The first kappa shape index (κ1) is 32.7. The first-order valence-electron chi connectivity index (χ1n) is 14.9. The lowest BCUT2D eigenvalue weighted by Crippen LogP contribution is -2.07. The third-order valence-corrected chi connectivity index (χ3v) is 9.67. The van der Waals surface area contributed by atoms with E-state index in [1.807, 2.05) is 0 Å². The predicted octanol–water partition coefficient (Wildman–Crippen LogP) is 7.72.